The van der Waals surface area contributed by atoms with E-state index in [0.717, 1.165) is 63.4 Å². The van der Waals surface area contributed by atoms with Crippen LogP contribution in [0.25, 0.3) is 0 Å². The molecule has 5 heteroatoms. The lowest BCUT2D eigenvalue weighted by Gasteiger charge is -2.59. The summed E-state index contributed by atoms with van der Waals surface area (Å²) >= 11 is 0. The van der Waals surface area contributed by atoms with E-state index >= 15 is 0 Å². The third kappa shape index (κ3) is 5.96. The maximum atomic E-state index is 12.9. The van der Waals surface area contributed by atoms with Gasteiger partial charge in [0.05, 0.1) is 12.7 Å². The number of fused-ring (bicyclic) bond motifs is 1. The van der Waals surface area contributed by atoms with E-state index < -0.39 is 5.41 Å². The van der Waals surface area contributed by atoms with Crippen LogP contribution in [0.15, 0.2) is 23.3 Å². The van der Waals surface area contributed by atoms with Crippen molar-refractivity contribution >= 4 is 17.5 Å². The van der Waals surface area contributed by atoms with Gasteiger partial charge in [-0.3, -0.25) is 14.4 Å². The quantitative estimate of drug-likeness (QED) is 0.232. The maximum Gasteiger partial charge on any atom is 0.305 e. The third-order valence-corrected chi connectivity index (χ3v) is 11.6. The van der Waals surface area contributed by atoms with Gasteiger partial charge in [-0.05, 0) is 98.4 Å². The molecule has 0 saturated heterocycles. The first-order valence-electron chi connectivity index (χ1n) is 14.9. The van der Waals surface area contributed by atoms with E-state index in [4.69, 9.17) is 4.74 Å². The Labute approximate surface area is 236 Å². The molecule has 2 saturated carbocycles. The summed E-state index contributed by atoms with van der Waals surface area (Å²) in [5.41, 5.74) is 0.806. The van der Waals surface area contributed by atoms with Crippen LogP contribution in [0.5, 0.6) is 0 Å². The zero-order valence-corrected chi connectivity index (χ0v) is 26.0. The van der Waals surface area contributed by atoms with Crippen molar-refractivity contribution in [3.05, 3.63) is 23.3 Å². The van der Waals surface area contributed by atoms with Gasteiger partial charge in [-0.25, -0.2) is 0 Å². The number of carbonyl (C=O) groups excluding carboxylic acids is 3. The van der Waals surface area contributed by atoms with Crippen LogP contribution in [0.1, 0.15) is 120 Å². The van der Waals surface area contributed by atoms with Gasteiger partial charge >= 0.3 is 5.97 Å². The molecule has 0 unspecified atom stereocenters. The minimum absolute atomic E-state index is 0.00872. The molecule has 0 aliphatic heterocycles. The highest BCUT2D eigenvalue weighted by atomic mass is 16.5. The molecular formula is C34H51NO4. The van der Waals surface area contributed by atoms with Gasteiger partial charge in [0.1, 0.15) is 6.07 Å². The monoisotopic (exact) mass is 537 g/mol. The van der Waals surface area contributed by atoms with E-state index in [1.54, 1.807) is 6.92 Å². The van der Waals surface area contributed by atoms with Crippen LogP contribution < -0.4 is 0 Å². The summed E-state index contributed by atoms with van der Waals surface area (Å²) in [6.45, 7) is 17.3. The molecule has 0 radical (unpaired) electrons. The molecule has 216 valence electrons. The van der Waals surface area contributed by atoms with Gasteiger partial charge in [-0.2, -0.15) is 5.26 Å². The summed E-state index contributed by atoms with van der Waals surface area (Å²) in [7, 11) is 1.47. The molecule has 0 aromatic carbocycles. The standard InChI is InChI=1S/C34H51NO4/c1-23(36)20-27-32(7)21-25(22-35)29(38)24(2)26(32)10-12-33(27,8)31(5,6)16-19-34(13-11-28(37)39-9)17-14-30(3,4)15-18-34/h20-21,24,26H,10-19H2,1-9H3/b27-20-/t24-,26-,32-,33+/m0/s1. The topological polar surface area (TPSA) is 84.2 Å². The number of ether oxygens (including phenoxy) is 1. The molecule has 0 N–H and O–H groups in total. The summed E-state index contributed by atoms with van der Waals surface area (Å²) < 4.78 is 5.00. The Morgan fingerprint density at radius 3 is 2.26 bits per heavy atom. The van der Waals surface area contributed by atoms with E-state index in [0.29, 0.717) is 11.8 Å². The van der Waals surface area contributed by atoms with Crippen LogP contribution in [0.3, 0.4) is 0 Å². The number of nitriles is 1. The van der Waals surface area contributed by atoms with E-state index in [9.17, 15) is 19.6 Å². The van der Waals surface area contributed by atoms with Crippen molar-refractivity contribution in [1.29, 1.82) is 5.26 Å². The molecule has 0 aromatic heterocycles. The van der Waals surface area contributed by atoms with Crippen molar-refractivity contribution in [2.45, 2.75) is 120 Å². The zero-order valence-electron chi connectivity index (χ0n) is 26.0. The number of carbonyl (C=O) groups is 3. The number of esters is 1. The fourth-order valence-corrected chi connectivity index (χ4v) is 8.14. The number of hydrogen-bond donors (Lipinski definition) is 0. The lowest BCUT2D eigenvalue weighted by atomic mass is 9.44. The van der Waals surface area contributed by atoms with Crippen molar-refractivity contribution < 1.29 is 19.1 Å². The Kier molecular flexibility index (Phi) is 8.82. The van der Waals surface area contributed by atoms with Crippen LogP contribution in [0.4, 0.5) is 0 Å². The summed E-state index contributed by atoms with van der Waals surface area (Å²) in [4.78, 5) is 37.7. The number of hydrogen-bond acceptors (Lipinski definition) is 5. The summed E-state index contributed by atoms with van der Waals surface area (Å²) in [5.74, 6) is -0.370. The zero-order chi connectivity index (χ0) is 29.4. The van der Waals surface area contributed by atoms with Crippen LogP contribution >= 0.6 is 0 Å². The second-order valence-electron chi connectivity index (χ2n) is 14.9. The number of methoxy groups -OCH3 is 1. The van der Waals surface area contributed by atoms with Gasteiger partial charge in [0.2, 0.25) is 0 Å². The third-order valence-electron chi connectivity index (χ3n) is 11.6. The predicted octanol–water partition coefficient (Wildman–Crippen LogP) is 7.94. The van der Waals surface area contributed by atoms with Gasteiger partial charge in [0.15, 0.2) is 11.6 Å². The largest absolute Gasteiger partial charge is 0.469 e. The molecule has 3 rings (SSSR count). The first kappa shape index (κ1) is 31.3. The highest BCUT2D eigenvalue weighted by Crippen LogP contribution is 2.65. The Balaban J connectivity index is 1.98. The molecule has 4 atom stereocenters. The van der Waals surface area contributed by atoms with Crippen molar-refractivity contribution in [3.63, 3.8) is 0 Å². The normalized spacial score (nSPS) is 33.1. The molecule has 3 aliphatic carbocycles. The second-order valence-corrected chi connectivity index (χ2v) is 14.9. The first-order valence-corrected chi connectivity index (χ1v) is 14.9. The lowest BCUT2D eigenvalue weighted by Crippen LogP contribution is -2.52. The molecule has 0 amide bonds. The van der Waals surface area contributed by atoms with E-state index in [-0.39, 0.29) is 51.2 Å². The van der Waals surface area contributed by atoms with Crippen molar-refractivity contribution in [2.24, 2.45) is 38.9 Å². The minimum atomic E-state index is -0.522. The molecule has 2 fully saturated rings. The molecule has 39 heavy (non-hydrogen) atoms. The summed E-state index contributed by atoms with van der Waals surface area (Å²) in [6.07, 6.45) is 13.4. The molecule has 5 nitrogen and oxygen atoms in total. The van der Waals surface area contributed by atoms with E-state index in [1.807, 2.05) is 19.1 Å². The SMILES string of the molecule is COC(=O)CCC1(CCC(C)(C)[C@]2(C)CC[C@H]3[C@H](C)C(=O)C(C#N)=C[C@]3(C)/C2=C/C(C)=O)CCC(C)(C)CC1. The van der Waals surface area contributed by atoms with Crippen molar-refractivity contribution in [3.8, 4) is 6.07 Å². The number of Topliss-reactive ketones (excluding diaryl/α,β-unsaturated/α-hetero) is 1. The fraction of sp³-hybridized carbons (Fsp3) is 0.765. The average Bonchev–Trinajstić information content (AvgIpc) is 2.87. The number of nitrogens with zero attached hydrogens (tertiary/aromatic N) is 1. The average molecular weight is 538 g/mol. The Morgan fingerprint density at radius 1 is 1.10 bits per heavy atom. The minimum Gasteiger partial charge on any atom is -0.469 e. The van der Waals surface area contributed by atoms with Crippen molar-refractivity contribution in [1.82, 2.24) is 0 Å². The first-order chi connectivity index (χ1) is 18.0. The van der Waals surface area contributed by atoms with E-state index in [2.05, 4.69) is 47.6 Å². The molecule has 0 bridgehead atoms. The van der Waals surface area contributed by atoms with Gasteiger partial charge < -0.3 is 4.74 Å². The number of rotatable bonds is 8. The second kappa shape index (κ2) is 11.0. The highest BCUT2D eigenvalue weighted by Gasteiger charge is 2.58. The van der Waals surface area contributed by atoms with Gasteiger partial charge in [-0.15, -0.1) is 0 Å². The maximum absolute atomic E-state index is 12.9. The molecule has 3 aliphatic rings. The van der Waals surface area contributed by atoms with Gasteiger partial charge in [0, 0.05) is 17.8 Å². The van der Waals surface area contributed by atoms with Crippen LogP contribution in [0.2, 0.25) is 0 Å². The molecule has 0 aromatic rings. The predicted molar refractivity (Wildman–Crippen MR) is 155 cm³/mol. The summed E-state index contributed by atoms with van der Waals surface area (Å²) in [5, 5.41) is 9.78. The Morgan fingerprint density at radius 2 is 1.72 bits per heavy atom. The number of ketones is 2. The summed E-state index contributed by atoms with van der Waals surface area (Å²) in [6, 6.07) is 2.15. The Bertz CT molecular complexity index is 1090. The van der Waals surface area contributed by atoms with Gasteiger partial charge in [-0.1, -0.05) is 60.1 Å². The number of allylic oxidation sites excluding steroid dienone is 4. The Hall–Kier alpha value is -2.22. The highest BCUT2D eigenvalue weighted by molar-refractivity contribution is 6.02. The van der Waals surface area contributed by atoms with Gasteiger partial charge in [0.25, 0.3) is 0 Å². The lowest BCUT2D eigenvalue weighted by molar-refractivity contribution is -0.141. The van der Waals surface area contributed by atoms with Crippen molar-refractivity contribution in [2.75, 3.05) is 7.11 Å². The smallest absolute Gasteiger partial charge is 0.305 e. The van der Waals surface area contributed by atoms with Crippen LogP contribution in [0, 0.1) is 50.2 Å². The fourth-order valence-electron chi connectivity index (χ4n) is 8.14. The molecule has 0 heterocycles. The molecule has 0 spiro atoms. The molecular weight excluding hydrogens is 486 g/mol. The van der Waals surface area contributed by atoms with Crippen LogP contribution in [-0.2, 0) is 19.1 Å². The van der Waals surface area contributed by atoms with E-state index in [1.165, 1.54) is 7.11 Å². The van der Waals surface area contributed by atoms with Crippen LogP contribution in [-0.4, -0.2) is 24.6 Å².